The second kappa shape index (κ2) is 18.5. The first-order valence-corrected chi connectivity index (χ1v) is 31.1. The molecular formula is C84H46N4O4. The number of fused-ring (bicyclic) bond motifs is 8. The van der Waals surface area contributed by atoms with Crippen LogP contribution in [-0.4, -0.2) is 19.9 Å². The zero-order chi connectivity index (χ0) is 59.9. The van der Waals surface area contributed by atoms with Crippen LogP contribution in [0, 0.1) is 0 Å². The lowest BCUT2D eigenvalue weighted by atomic mass is 9.93. The lowest BCUT2D eigenvalue weighted by Gasteiger charge is -2.09. The van der Waals surface area contributed by atoms with E-state index in [2.05, 4.69) is 228 Å². The van der Waals surface area contributed by atoms with Gasteiger partial charge in [0, 0.05) is 65.3 Å². The molecule has 3 aliphatic rings. The van der Waals surface area contributed by atoms with E-state index < -0.39 is 0 Å². The zero-order valence-corrected chi connectivity index (χ0v) is 48.9. The Balaban J connectivity index is 1.10. The Hall–Kier alpha value is -12.5. The number of hydrogen-bond donors (Lipinski definition) is 2. The molecule has 0 radical (unpaired) electrons. The Bertz CT molecular complexity index is 5740. The van der Waals surface area contributed by atoms with Crippen molar-refractivity contribution in [2.45, 2.75) is 0 Å². The minimum Gasteiger partial charge on any atom is -0.456 e. The molecule has 2 N–H and O–H groups in total. The molecule has 0 atom stereocenters. The number of benzene rings is 12. The molecule has 6 aromatic heterocycles. The predicted octanol–water partition coefficient (Wildman–Crippen LogP) is 23.6. The van der Waals surface area contributed by atoms with Crippen molar-refractivity contribution in [2.75, 3.05) is 0 Å². The molecule has 8 bridgehead atoms. The summed E-state index contributed by atoms with van der Waals surface area (Å²) in [4.78, 5) is 21.0. The summed E-state index contributed by atoms with van der Waals surface area (Å²) >= 11 is 0. The number of H-pyrrole nitrogens is 2. The molecular weight excluding hydrogens is 1130 g/mol. The molecule has 12 aromatic carbocycles. The Morgan fingerprint density at radius 1 is 0.207 bits per heavy atom. The van der Waals surface area contributed by atoms with Crippen molar-refractivity contribution >= 4 is 131 Å². The average molecular weight is 1180 g/mol. The maximum Gasteiger partial charge on any atom is 0.139 e. The summed E-state index contributed by atoms with van der Waals surface area (Å²) in [5.74, 6) is 2.61. The lowest BCUT2D eigenvalue weighted by molar-refractivity contribution is 0.632. The van der Waals surface area contributed by atoms with Gasteiger partial charge in [0.25, 0.3) is 0 Å². The standard InChI is InChI=1S/C84H46N4O4/c1-2-18-46-34-58-57(33-45(46)17-1)77-73(69-41-53-25-9-13-29-65(53)89-69)79-59-35-47-19-3-4-20-48(47)36-60(59)81(86-79)75(71-43-55-27-11-15-31-67(55)91-71)83-63-39-51-23-7-8-24-52(51)40-64(63)84(88-83)76(72-44-56-28-12-16-32-68(56)92-72)82-62-38-50-22-6-5-21-49(50)37-61(62)80(87-82)74(78(58)85-77)70-42-54-26-10-14-30-66(54)90-70/h1-44,85,88H. The number of rotatable bonds is 4. The second-order valence-electron chi connectivity index (χ2n) is 24.4. The van der Waals surface area contributed by atoms with Crippen LogP contribution in [0.3, 0.4) is 0 Å². The summed E-state index contributed by atoms with van der Waals surface area (Å²) < 4.78 is 29.1. The summed E-state index contributed by atoms with van der Waals surface area (Å²) in [6, 6.07) is 94.5. The number of aromatic nitrogens is 4. The monoisotopic (exact) mass is 1170 g/mol. The lowest BCUT2D eigenvalue weighted by Crippen LogP contribution is -1.86. The first kappa shape index (κ1) is 49.5. The molecule has 8 nitrogen and oxygen atoms in total. The molecule has 0 saturated carbocycles. The number of hydrogen-bond acceptors (Lipinski definition) is 6. The molecule has 8 heterocycles. The van der Waals surface area contributed by atoms with Gasteiger partial charge in [-0.1, -0.05) is 170 Å². The molecule has 426 valence electrons. The van der Waals surface area contributed by atoms with Gasteiger partial charge in [-0.05, 0) is 140 Å². The third-order valence-corrected chi connectivity index (χ3v) is 19.2. The normalized spacial score (nSPS) is 12.3. The molecule has 1 aliphatic carbocycles. The summed E-state index contributed by atoms with van der Waals surface area (Å²) in [6.07, 6.45) is 0. The van der Waals surface area contributed by atoms with Gasteiger partial charge in [0.15, 0.2) is 0 Å². The molecule has 2 aliphatic heterocycles. The average Bonchev–Trinajstić information content (AvgIpc) is 1.57. The molecule has 8 heteroatoms. The van der Waals surface area contributed by atoms with Gasteiger partial charge in [0.05, 0.1) is 67.1 Å². The number of furan rings is 4. The molecule has 0 fully saturated rings. The predicted molar refractivity (Wildman–Crippen MR) is 376 cm³/mol. The number of para-hydroxylation sites is 4. The first-order chi connectivity index (χ1) is 45.5. The largest absolute Gasteiger partial charge is 0.456 e. The van der Waals surface area contributed by atoms with Crippen LogP contribution in [0.5, 0.6) is 0 Å². The number of nitrogens with zero attached hydrogens (tertiary/aromatic N) is 2. The number of aromatic amines is 2. The van der Waals surface area contributed by atoms with E-state index in [-0.39, 0.29) is 0 Å². The van der Waals surface area contributed by atoms with Crippen LogP contribution in [0.2, 0.25) is 0 Å². The fraction of sp³-hybridized carbons (Fsp3) is 0. The van der Waals surface area contributed by atoms with Crippen molar-refractivity contribution in [2.24, 2.45) is 0 Å². The van der Waals surface area contributed by atoms with Crippen LogP contribution in [0.4, 0.5) is 0 Å². The van der Waals surface area contributed by atoms with Crippen LogP contribution >= 0.6 is 0 Å². The Kier molecular flexibility index (Phi) is 9.96. The highest BCUT2D eigenvalue weighted by Gasteiger charge is 2.34. The van der Waals surface area contributed by atoms with E-state index in [1.807, 2.05) is 48.5 Å². The van der Waals surface area contributed by atoms with E-state index in [4.69, 9.17) is 27.6 Å². The number of nitrogens with one attached hydrogen (secondary N) is 2. The molecule has 0 spiro atoms. The van der Waals surface area contributed by atoms with E-state index >= 15 is 0 Å². The third-order valence-electron chi connectivity index (χ3n) is 19.2. The van der Waals surface area contributed by atoms with E-state index in [0.29, 0.717) is 23.0 Å². The van der Waals surface area contributed by atoms with Crippen molar-refractivity contribution in [3.8, 4) is 90.3 Å². The van der Waals surface area contributed by atoms with Crippen LogP contribution in [-0.2, 0) is 0 Å². The SMILES string of the molecule is c1ccc2cc3c(cc2c1)-c1nc-3c(-c2cc3ccccc3o2)c2[nH]c(c(-c3cc4ccccc4o3)c3nc(c(-c4cc5ccccc5o4)c4[nH]c(c1-c1cc5ccccc5o1)c1cc5ccccc5cc41)-c1cc4ccccc4cc1-3)c1cc3ccccc3cc21. The van der Waals surface area contributed by atoms with Crippen LogP contribution < -0.4 is 0 Å². The van der Waals surface area contributed by atoms with Crippen molar-refractivity contribution in [1.29, 1.82) is 0 Å². The molecule has 92 heavy (non-hydrogen) atoms. The van der Waals surface area contributed by atoms with Gasteiger partial charge in [-0.3, -0.25) is 0 Å². The van der Waals surface area contributed by atoms with E-state index in [0.717, 1.165) is 198 Å². The van der Waals surface area contributed by atoms with Crippen LogP contribution in [0.25, 0.3) is 221 Å². The summed E-state index contributed by atoms with van der Waals surface area (Å²) in [5, 5.41) is 16.4. The van der Waals surface area contributed by atoms with Crippen molar-refractivity contribution < 1.29 is 17.7 Å². The third kappa shape index (κ3) is 7.17. The quantitative estimate of drug-likeness (QED) is 0.182. The van der Waals surface area contributed by atoms with Gasteiger partial charge in [0.2, 0.25) is 0 Å². The molecule has 0 unspecified atom stereocenters. The van der Waals surface area contributed by atoms with Gasteiger partial charge in [-0.15, -0.1) is 0 Å². The topological polar surface area (TPSA) is 110 Å². The fourth-order valence-corrected chi connectivity index (χ4v) is 15.0. The molecule has 0 saturated heterocycles. The minimum atomic E-state index is 0.652. The second-order valence-corrected chi connectivity index (χ2v) is 24.4. The van der Waals surface area contributed by atoms with Crippen molar-refractivity contribution in [3.63, 3.8) is 0 Å². The van der Waals surface area contributed by atoms with Gasteiger partial charge in [0.1, 0.15) is 45.4 Å². The van der Waals surface area contributed by atoms with E-state index in [9.17, 15) is 0 Å². The van der Waals surface area contributed by atoms with Gasteiger partial charge in [-0.2, -0.15) is 0 Å². The summed E-state index contributed by atoms with van der Waals surface area (Å²) in [7, 11) is 0. The highest BCUT2D eigenvalue weighted by atomic mass is 16.3. The van der Waals surface area contributed by atoms with Crippen molar-refractivity contribution in [1.82, 2.24) is 19.9 Å². The highest BCUT2D eigenvalue weighted by molar-refractivity contribution is 6.25. The Morgan fingerprint density at radius 3 is 0.620 bits per heavy atom. The smallest absolute Gasteiger partial charge is 0.139 e. The minimum absolute atomic E-state index is 0.652. The first-order valence-electron chi connectivity index (χ1n) is 31.1. The van der Waals surface area contributed by atoms with Crippen molar-refractivity contribution in [3.05, 3.63) is 267 Å². The van der Waals surface area contributed by atoms with Crippen LogP contribution in [0.15, 0.2) is 285 Å². The van der Waals surface area contributed by atoms with E-state index in [1.54, 1.807) is 0 Å². The molecule has 21 rings (SSSR count). The van der Waals surface area contributed by atoms with Gasteiger partial charge < -0.3 is 27.6 Å². The highest BCUT2D eigenvalue weighted by Crippen LogP contribution is 2.55. The fourth-order valence-electron chi connectivity index (χ4n) is 15.0. The molecule has 0 amide bonds. The Morgan fingerprint density at radius 2 is 0.402 bits per heavy atom. The maximum absolute atomic E-state index is 7.26. The van der Waals surface area contributed by atoms with Gasteiger partial charge in [-0.25, -0.2) is 9.97 Å². The van der Waals surface area contributed by atoms with Crippen LogP contribution in [0.1, 0.15) is 0 Å². The molecule has 18 aromatic rings. The van der Waals surface area contributed by atoms with E-state index in [1.165, 1.54) is 0 Å². The van der Waals surface area contributed by atoms with Gasteiger partial charge >= 0.3 is 0 Å². The Labute approximate surface area is 522 Å². The summed E-state index contributed by atoms with van der Waals surface area (Å²) in [6.45, 7) is 0. The maximum atomic E-state index is 7.26. The zero-order valence-electron chi connectivity index (χ0n) is 48.9. The summed E-state index contributed by atoms with van der Waals surface area (Å²) in [5.41, 5.74) is 16.1.